The first-order valence-electron chi connectivity index (χ1n) is 13.8. The van der Waals surface area contributed by atoms with Gasteiger partial charge in [0.25, 0.3) is 6.71 Å². The van der Waals surface area contributed by atoms with E-state index in [1.807, 2.05) is 24.3 Å². The minimum absolute atomic E-state index is 0.0477. The Bertz CT molecular complexity index is 2240. The molecule has 2 aliphatic heterocycles. The third kappa shape index (κ3) is 3.09. The molecule has 9 rings (SSSR count). The van der Waals surface area contributed by atoms with E-state index in [9.17, 15) is 0 Å². The summed E-state index contributed by atoms with van der Waals surface area (Å²) >= 11 is 0. The van der Waals surface area contributed by atoms with Crippen molar-refractivity contribution in [2.45, 2.75) is 0 Å². The molecule has 0 saturated carbocycles. The molecule has 0 bridgehead atoms. The monoisotopic (exact) mass is 520 g/mol. The molecule has 0 atom stereocenters. The van der Waals surface area contributed by atoms with Crippen LogP contribution in [-0.4, -0.2) is 11.3 Å². The second-order valence-corrected chi connectivity index (χ2v) is 10.8. The lowest BCUT2D eigenvalue weighted by molar-refractivity contribution is 0.487. The third-order valence-corrected chi connectivity index (χ3v) is 8.66. The van der Waals surface area contributed by atoms with Gasteiger partial charge in [-0.2, -0.15) is 0 Å². The molecule has 41 heavy (non-hydrogen) atoms. The van der Waals surface area contributed by atoms with Crippen molar-refractivity contribution in [3.8, 4) is 39.4 Å². The molecular formula is C37H21BN2O. The van der Waals surface area contributed by atoms with Crippen LogP contribution in [0.3, 0.4) is 0 Å². The van der Waals surface area contributed by atoms with Gasteiger partial charge < -0.3 is 9.30 Å². The van der Waals surface area contributed by atoms with E-state index in [4.69, 9.17) is 11.3 Å². The summed E-state index contributed by atoms with van der Waals surface area (Å²) in [4.78, 5) is 3.58. The minimum Gasteiger partial charge on any atom is -0.458 e. The van der Waals surface area contributed by atoms with Gasteiger partial charge in [-0.1, -0.05) is 103 Å². The number of hydrogen-bond donors (Lipinski definition) is 0. The van der Waals surface area contributed by atoms with Gasteiger partial charge in [0.15, 0.2) is 5.69 Å². The van der Waals surface area contributed by atoms with Crippen LogP contribution in [0.4, 0.5) is 5.69 Å². The Morgan fingerprint density at radius 2 is 1.34 bits per heavy atom. The first-order chi connectivity index (χ1) is 20.3. The van der Waals surface area contributed by atoms with Crippen LogP contribution in [0.5, 0.6) is 11.5 Å². The summed E-state index contributed by atoms with van der Waals surface area (Å²) in [7, 11) is 0. The van der Waals surface area contributed by atoms with Crippen molar-refractivity contribution in [3.05, 3.63) is 139 Å². The molecule has 7 aromatic rings. The van der Waals surface area contributed by atoms with E-state index in [1.54, 1.807) is 0 Å². The highest BCUT2D eigenvalue weighted by Crippen LogP contribution is 2.40. The molecule has 0 saturated heterocycles. The lowest BCUT2D eigenvalue weighted by atomic mass is 9.34. The molecular weight excluding hydrogens is 499 g/mol. The zero-order valence-corrected chi connectivity index (χ0v) is 22.0. The average molecular weight is 520 g/mol. The van der Waals surface area contributed by atoms with Crippen LogP contribution < -0.4 is 21.1 Å². The number of benzene rings is 6. The second kappa shape index (κ2) is 8.24. The van der Waals surface area contributed by atoms with Crippen molar-refractivity contribution >= 4 is 50.6 Å². The van der Waals surface area contributed by atoms with Gasteiger partial charge in [-0.15, -0.1) is 0 Å². The lowest BCUT2D eigenvalue weighted by Gasteiger charge is -2.34. The Balaban J connectivity index is 1.38. The van der Waals surface area contributed by atoms with Gasteiger partial charge in [0, 0.05) is 22.0 Å². The zero-order chi connectivity index (χ0) is 27.1. The van der Waals surface area contributed by atoms with Gasteiger partial charge in [0.2, 0.25) is 0 Å². The molecule has 6 aromatic carbocycles. The van der Waals surface area contributed by atoms with E-state index in [0.717, 1.165) is 28.3 Å². The van der Waals surface area contributed by atoms with Crippen LogP contribution in [0.25, 0.3) is 54.6 Å². The molecule has 2 aliphatic rings. The maximum absolute atomic E-state index is 7.37. The van der Waals surface area contributed by atoms with Crippen LogP contribution in [0.15, 0.2) is 127 Å². The Morgan fingerprint density at radius 3 is 2.20 bits per heavy atom. The van der Waals surface area contributed by atoms with E-state index in [1.165, 1.54) is 49.3 Å². The summed E-state index contributed by atoms with van der Waals surface area (Å²) in [5, 5.41) is 2.52. The van der Waals surface area contributed by atoms with Gasteiger partial charge in [-0.05, 0) is 62.9 Å². The molecule has 0 aliphatic carbocycles. The van der Waals surface area contributed by atoms with Gasteiger partial charge in [-0.25, -0.2) is 4.85 Å². The summed E-state index contributed by atoms with van der Waals surface area (Å²) < 4.78 is 9.19. The highest BCUT2D eigenvalue weighted by Gasteiger charge is 2.40. The molecule has 0 fully saturated rings. The van der Waals surface area contributed by atoms with E-state index in [-0.39, 0.29) is 6.71 Å². The third-order valence-electron chi connectivity index (χ3n) is 8.66. The quantitative estimate of drug-likeness (QED) is 0.170. The van der Waals surface area contributed by atoms with Crippen molar-refractivity contribution in [2.24, 2.45) is 0 Å². The molecule has 3 nitrogen and oxygen atoms in total. The van der Waals surface area contributed by atoms with Gasteiger partial charge in [0.05, 0.1) is 12.1 Å². The second-order valence-electron chi connectivity index (χ2n) is 10.8. The molecule has 0 N–H and O–H groups in total. The van der Waals surface area contributed by atoms with Crippen molar-refractivity contribution in [2.75, 3.05) is 0 Å². The van der Waals surface area contributed by atoms with Gasteiger partial charge in [-0.3, -0.25) is 0 Å². The van der Waals surface area contributed by atoms with Gasteiger partial charge >= 0.3 is 0 Å². The van der Waals surface area contributed by atoms with Crippen molar-refractivity contribution in [1.29, 1.82) is 0 Å². The van der Waals surface area contributed by atoms with Crippen LogP contribution >= 0.6 is 0 Å². The van der Waals surface area contributed by atoms with Crippen molar-refractivity contribution in [1.82, 2.24) is 4.57 Å². The average Bonchev–Trinajstić information content (AvgIpc) is 3.38. The highest BCUT2D eigenvalue weighted by molar-refractivity contribution is 6.99. The first-order valence-corrected chi connectivity index (χ1v) is 13.8. The number of rotatable bonds is 2. The molecule has 0 radical (unpaired) electrons. The first kappa shape index (κ1) is 22.3. The molecule has 0 spiro atoms. The summed E-state index contributed by atoms with van der Waals surface area (Å²) in [6.45, 7) is 7.42. The lowest BCUT2D eigenvalue weighted by Crippen LogP contribution is -2.58. The number of fused-ring (bicyclic) bond motifs is 7. The van der Waals surface area contributed by atoms with Crippen LogP contribution in [0.2, 0.25) is 0 Å². The number of hydrogen-bond acceptors (Lipinski definition) is 1. The Kier molecular flexibility index (Phi) is 4.48. The topological polar surface area (TPSA) is 18.5 Å². The van der Waals surface area contributed by atoms with Crippen molar-refractivity contribution < 1.29 is 4.74 Å². The summed E-state index contributed by atoms with van der Waals surface area (Å²) in [5.74, 6) is 1.78. The van der Waals surface area contributed by atoms with Crippen LogP contribution in [0.1, 0.15) is 0 Å². The fourth-order valence-electron chi connectivity index (χ4n) is 6.87. The predicted molar refractivity (Wildman–Crippen MR) is 169 cm³/mol. The van der Waals surface area contributed by atoms with E-state index in [2.05, 4.69) is 113 Å². The zero-order valence-electron chi connectivity index (χ0n) is 22.0. The highest BCUT2D eigenvalue weighted by atomic mass is 16.5. The van der Waals surface area contributed by atoms with Gasteiger partial charge in [0.1, 0.15) is 11.5 Å². The minimum atomic E-state index is 0.0477. The summed E-state index contributed by atoms with van der Waals surface area (Å²) in [6.07, 6.45) is 0. The van der Waals surface area contributed by atoms with E-state index in [0.29, 0.717) is 5.69 Å². The molecule has 188 valence electrons. The standard InChI is InChI=1S/C37H21BN2O/c1-39-27-17-14-24(15-18-27)26-21-33-36-35(22-26)41-34-19-16-25(23-8-3-2-4-9-23)20-31(34)38(36)30-12-7-11-29-28-10-5-6-13-32(28)40(33)37(29)30/h2-22H. The smallest absolute Gasteiger partial charge is 0.256 e. The fraction of sp³-hybridized carbons (Fsp3) is 0. The molecule has 0 amide bonds. The van der Waals surface area contributed by atoms with Crippen molar-refractivity contribution in [3.63, 3.8) is 0 Å². The SMILES string of the molecule is [C-]#[N+]c1ccc(-c2cc3c4c(c2)-n2c5ccccc5c5cccc(c52)B4c2cc(-c4ccccc4)ccc2O3)cc1. The van der Waals surface area contributed by atoms with Crippen LogP contribution in [-0.2, 0) is 0 Å². The number of para-hydroxylation sites is 2. The molecule has 1 aromatic heterocycles. The largest absolute Gasteiger partial charge is 0.458 e. The van der Waals surface area contributed by atoms with E-state index >= 15 is 0 Å². The Morgan fingerprint density at radius 1 is 0.585 bits per heavy atom. The number of aromatic nitrogens is 1. The normalized spacial score (nSPS) is 12.5. The summed E-state index contributed by atoms with van der Waals surface area (Å²) in [5.41, 5.74) is 12.5. The maximum Gasteiger partial charge on any atom is 0.256 e. The predicted octanol–water partition coefficient (Wildman–Crippen LogP) is 7.60. The molecule has 0 unspecified atom stereocenters. The maximum atomic E-state index is 7.37. The Hall–Kier alpha value is -5.53. The number of ether oxygens (including phenoxy) is 1. The van der Waals surface area contributed by atoms with E-state index < -0.39 is 0 Å². The number of nitrogens with zero attached hydrogens (tertiary/aromatic N) is 2. The molecule has 4 heteroatoms. The Labute approximate surface area is 237 Å². The molecule has 3 heterocycles. The van der Waals surface area contributed by atoms with Crippen LogP contribution in [0, 0.1) is 6.57 Å². The summed E-state index contributed by atoms with van der Waals surface area (Å²) in [6, 6.07) is 44.9. The fourth-order valence-corrected chi connectivity index (χ4v) is 6.87.